The van der Waals surface area contributed by atoms with Crippen LogP contribution in [0.25, 0.3) is 0 Å². The van der Waals surface area contributed by atoms with E-state index in [1.54, 1.807) is 0 Å². The van der Waals surface area contributed by atoms with Gasteiger partial charge in [-0.1, -0.05) is 19.9 Å². The minimum absolute atomic E-state index is 0.0978. The van der Waals surface area contributed by atoms with E-state index >= 15 is 0 Å². The van der Waals surface area contributed by atoms with Crippen molar-refractivity contribution in [3.05, 3.63) is 12.7 Å². The Kier molecular flexibility index (Phi) is 8.41. The summed E-state index contributed by atoms with van der Waals surface area (Å²) in [6.07, 6.45) is 2.10. The monoisotopic (exact) mass is 264 g/mol. The van der Waals surface area contributed by atoms with Gasteiger partial charge in [0.05, 0.1) is 12.4 Å². The molecule has 0 aromatic heterocycles. The second-order valence-corrected chi connectivity index (χ2v) is 6.24. The van der Waals surface area contributed by atoms with Crippen LogP contribution in [0.2, 0.25) is 0 Å². The first-order valence-electron chi connectivity index (χ1n) is 5.87. The Bertz CT molecular complexity index is 302. The predicted octanol–water partition coefficient (Wildman–Crippen LogP) is 0.185. The van der Waals surface area contributed by atoms with Crippen LogP contribution < -0.4 is 5.32 Å². The van der Waals surface area contributed by atoms with Gasteiger partial charge in [-0.05, 0) is 13.0 Å². The van der Waals surface area contributed by atoms with Gasteiger partial charge in [-0.25, -0.2) is 8.42 Å². The van der Waals surface area contributed by atoms with E-state index in [1.807, 2.05) is 13.8 Å². The van der Waals surface area contributed by atoms with Gasteiger partial charge >= 0.3 is 0 Å². The summed E-state index contributed by atoms with van der Waals surface area (Å²) >= 11 is 0. The molecule has 0 saturated carbocycles. The maximum Gasteiger partial charge on any atom is 0.214 e. The zero-order valence-electron chi connectivity index (χ0n) is 10.7. The van der Waals surface area contributed by atoms with Crippen molar-refractivity contribution in [1.82, 2.24) is 9.62 Å². The van der Waals surface area contributed by atoms with Crippen LogP contribution in [0.5, 0.6) is 0 Å². The van der Waals surface area contributed by atoms with Crippen molar-refractivity contribution in [3.8, 4) is 0 Å². The van der Waals surface area contributed by atoms with E-state index in [0.717, 1.165) is 0 Å². The quantitative estimate of drug-likeness (QED) is 0.436. The highest BCUT2D eigenvalue weighted by atomic mass is 32.2. The van der Waals surface area contributed by atoms with Gasteiger partial charge in [0.1, 0.15) is 0 Å². The Morgan fingerprint density at radius 1 is 1.47 bits per heavy atom. The molecule has 0 aromatic rings. The third-order valence-electron chi connectivity index (χ3n) is 2.21. The first kappa shape index (κ1) is 16.6. The van der Waals surface area contributed by atoms with E-state index in [9.17, 15) is 8.42 Å². The topological polar surface area (TPSA) is 69.6 Å². The third-order valence-corrected chi connectivity index (χ3v) is 4.13. The average molecular weight is 264 g/mol. The highest BCUT2D eigenvalue weighted by molar-refractivity contribution is 7.89. The summed E-state index contributed by atoms with van der Waals surface area (Å²) in [6.45, 7) is 8.44. The largest absolute Gasteiger partial charge is 0.395 e. The summed E-state index contributed by atoms with van der Waals surface area (Å²) in [5.41, 5.74) is 0. The molecule has 0 aliphatic rings. The number of hydrogen-bond donors (Lipinski definition) is 2. The molecule has 0 unspecified atom stereocenters. The molecule has 0 atom stereocenters. The van der Waals surface area contributed by atoms with E-state index in [4.69, 9.17) is 5.11 Å². The molecule has 2 N–H and O–H groups in total. The molecule has 0 bridgehead atoms. The Morgan fingerprint density at radius 3 is 2.59 bits per heavy atom. The van der Waals surface area contributed by atoms with Crippen molar-refractivity contribution >= 4 is 10.0 Å². The number of hydrogen-bond acceptors (Lipinski definition) is 4. The summed E-state index contributed by atoms with van der Waals surface area (Å²) in [5.74, 6) is 0.0978. The number of rotatable bonds is 10. The molecule has 0 aliphatic carbocycles. The van der Waals surface area contributed by atoms with Gasteiger partial charge < -0.3 is 10.4 Å². The zero-order valence-corrected chi connectivity index (χ0v) is 11.5. The summed E-state index contributed by atoms with van der Waals surface area (Å²) in [5, 5.41) is 12.0. The number of nitrogens with zero attached hydrogens (tertiary/aromatic N) is 1. The molecule has 0 aliphatic heterocycles. The Morgan fingerprint density at radius 2 is 2.12 bits per heavy atom. The fourth-order valence-corrected chi connectivity index (χ4v) is 2.83. The van der Waals surface area contributed by atoms with Gasteiger partial charge in [0, 0.05) is 19.1 Å². The van der Waals surface area contributed by atoms with Crippen molar-refractivity contribution in [1.29, 1.82) is 0 Å². The molecule has 0 radical (unpaired) electrons. The highest BCUT2D eigenvalue weighted by Crippen LogP contribution is 2.03. The van der Waals surface area contributed by atoms with E-state index in [1.165, 1.54) is 10.4 Å². The molecule has 0 fully saturated rings. The Balaban J connectivity index is 4.18. The van der Waals surface area contributed by atoms with Gasteiger partial charge in [-0.15, -0.1) is 6.58 Å². The normalized spacial score (nSPS) is 12.3. The number of nitrogens with one attached hydrogen (secondary N) is 1. The fourth-order valence-electron chi connectivity index (χ4n) is 1.37. The van der Waals surface area contributed by atoms with Gasteiger partial charge in [-0.3, -0.25) is 0 Å². The SMILES string of the molecule is C=CCN(CCO)S(=O)(=O)CCCNC(C)C. The Hall–Kier alpha value is -0.430. The van der Waals surface area contributed by atoms with Crippen molar-refractivity contribution in [2.24, 2.45) is 0 Å². The number of aliphatic hydroxyl groups excluding tert-OH is 1. The van der Waals surface area contributed by atoms with Gasteiger partial charge in [0.2, 0.25) is 10.0 Å². The van der Waals surface area contributed by atoms with Crippen LogP contribution in [-0.4, -0.2) is 55.9 Å². The van der Waals surface area contributed by atoms with Crippen LogP contribution >= 0.6 is 0 Å². The second-order valence-electron chi connectivity index (χ2n) is 4.15. The lowest BCUT2D eigenvalue weighted by Gasteiger charge is -2.19. The standard InChI is InChI=1S/C11H24N2O3S/c1-4-7-13(8-9-14)17(15,16)10-5-6-12-11(2)3/h4,11-12,14H,1,5-10H2,2-3H3. The molecule has 0 amide bonds. The smallest absolute Gasteiger partial charge is 0.214 e. The second kappa shape index (κ2) is 8.63. The maximum atomic E-state index is 11.9. The lowest BCUT2D eigenvalue weighted by molar-refractivity contribution is 0.260. The molecule has 5 nitrogen and oxygen atoms in total. The summed E-state index contributed by atoms with van der Waals surface area (Å²) < 4.78 is 25.0. The molecule has 6 heteroatoms. The predicted molar refractivity (Wildman–Crippen MR) is 70.4 cm³/mol. The van der Waals surface area contributed by atoms with Crippen molar-refractivity contribution in [3.63, 3.8) is 0 Å². The number of sulfonamides is 1. The molecule has 0 saturated heterocycles. The molecule has 0 aromatic carbocycles. The first-order valence-corrected chi connectivity index (χ1v) is 7.48. The fraction of sp³-hybridized carbons (Fsp3) is 0.818. The molecular weight excluding hydrogens is 240 g/mol. The van der Waals surface area contributed by atoms with Crippen LogP contribution in [0, 0.1) is 0 Å². The van der Waals surface area contributed by atoms with Crippen LogP contribution in [0.3, 0.4) is 0 Å². The maximum absolute atomic E-state index is 11.9. The minimum Gasteiger partial charge on any atom is -0.395 e. The van der Waals surface area contributed by atoms with Crippen LogP contribution in [0.15, 0.2) is 12.7 Å². The van der Waals surface area contributed by atoms with Gasteiger partial charge in [-0.2, -0.15) is 4.31 Å². The first-order chi connectivity index (χ1) is 7.94. The third kappa shape index (κ3) is 7.49. The van der Waals surface area contributed by atoms with Crippen LogP contribution in [-0.2, 0) is 10.0 Å². The van der Waals surface area contributed by atoms with Gasteiger partial charge in [0.25, 0.3) is 0 Å². The average Bonchev–Trinajstić information content (AvgIpc) is 2.24. The minimum atomic E-state index is -3.28. The molecule has 0 heterocycles. The molecule has 0 rings (SSSR count). The lowest BCUT2D eigenvalue weighted by Crippen LogP contribution is -2.36. The van der Waals surface area contributed by atoms with E-state index in [0.29, 0.717) is 19.0 Å². The molecular formula is C11H24N2O3S. The van der Waals surface area contributed by atoms with E-state index < -0.39 is 10.0 Å². The van der Waals surface area contributed by atoms with Crippen LogP contribution in [0.1, 0.15) is 20.3 Å². The summed E-state index contributed by atoms with van der Waals surface area (Å²) in [6, 6.07) is 0.361. The molecule has 102 valence electrons. The molecule has 0 spiro atoms. The Labute approximate surface area is 105 Å². The van der Waals surface area contributed by atoms with Crippen LogP contribution in [0.4, 0.5) is 0 Å². The zero-order chi connectivity index (χ0) is 13.3. The van der Waals surface area contributed by atoms with E-state index in [2.05, 4.69) is 11.9 Å². The summed E-state index contributed by atoms with van der Waals surface area (Å²) in [4.78, 5) is 0. The summed E-state index contributed by atoms with van der Waals surface area (Å²) in [7, 11) is -3.28. The number of aliphatic hydroxyl groups is 1. The highest BCUT2D eigenvalue weighted by Gasteiger charge is 2.19. The molecule has 17 heavy (non-hydrogen) atoms. The van der Waals surface area contributed by atoms with Crippen molar-refractivity contribution < 1.29 is 13.5 Å². The lowest BCUT2D eigenvalue weighted by atomic mass is 10.4. The van der Waals surface area contributed by atoms with Crippen molar-refractivity contribution in [2.75, 3.05) is 32.0 Å². The van der Waals surface area contributed by atoms with E-state index in [-0.39, 0.29) is 25.4 Å². The van der Waals surface area contributed by atoms with Crippen molar-refractivity contribution in [2.45, 2.75) is 26.3 Å². The van der Waals surface area contributed by atoms with Gasteiger partial charge in [0.15, 0.2) is 0 Å².